The second-order valence-electron chi connectivity index (χ2n) is 8.00. The molecule has 3 amide bonds. The van der Waals surface area contributed by atoms with Crippen LogP contribution in [0, 0.1) is 0 Å². The lowest BCUT2D eigenvalue weighted by atomic mass is 10.1. The van der Waals surface area contributed by atoms with E-state index >= 15 is 0 Å². The van der Waals surface area contributed by atoms with Gasteiger partial charge in [-0.3, -0.25) is 10.1 Å². The molecule has 0 bridgehead atoms. The second-order valence-corrected chi connectivity index (χ2v) is 8.00. The Labute approximate surface area is 160 Å². The van der Waals surface area contributed by atoms with E-state index in [1.807, 2.05) is 0 Å². The highest BCUT2D eigenvalue weighted by molar-refractivity contribution is 5.98. The van der Waals surface area contributed by atoms with Crippen LogP contribution in [0.15, 0.2) is 4.99 Å². The van der Waals surface area contributed by atoms with Gasteiger partial charge in [-0.1, -0.05) is 0 Å². The van der Waals surface area contributed by atoms with Gasteiger partial charge in [0.15, 0.2) is 0 Å². The molecule has 0 radical (unpaired) electrons. The molecule has 0 aromatic heterocycles. The molecule has 10 nitrogen and oxygen atoms in total. The zero-order valence-corrected chi connectivity index (χ0v) is 17.0. The van der Waals surface area contributed by atoms with Crippen LogP contribution in [0.3, 0.4) is 0 Å². The number of primary amides is 1. The zero-order valence-electron chi connectivity index (χ0n) is 17.0. The molecule has 10 heteroatoms. The maximum atomic E-state index is 11.9. The summed E-state index contributed by atoms with van der Waals surface area (Å²) in [6.45, 7) is 10.6. The topological polar surface area (TPSA) is 158 Å². The van der Waals surface area contributed by atoms with Gasteiger partial charge in [-0.15, -0.1) is 4.99 Å². The van der Waals surface area contributed by atoms with E-state index in [9.17, 15) is 14.4 Å². The summed E-state index contributed by atoms with van der Waals surface area (Å²) in [7, 11) is 0. The molecule has 0 fully saturated rings. The van der Waals surface area contributed by atoms with E-state index in [-0.39, 0.29) is 5.96 Å². The Morgan fingerprint density at radius 3 is 2.04 bits per heavy atom. The molecule has 27 heavy (non-hydrogen) atoms. The number of hydrogen-bond acceptors (Lipinski definition) is 6. The van der Waals surface area contributed by atoms with Gasteiger partial charge < -0.3 is 26.3 Å². The molecule has 0 aliphatic carbocycles. The molecule has 0 spiro atoms. The standard InChI is InChI=1S/C17H33N5O5/c1-16(2,3)26-14(24)21-13(22-15(25)27-17(4,5)6)20-10-8-7-9-11(18)12(19)23/h11H,7-10,18H2,1-6H3,(H2,19,23)(H2,20,21,22,24,25). The lowest BCUT2D eigenvalue weighted by Crippen LogP contribution is -2.44. The van der Waals surface area contributed by atoms with Crippen molar-refractivity contribution in [3.8, 4) is 0 Å². The maximum absolute atomic E-state index is 11.9. The van der Waals surface area contributed by atoms with Crippen molar-refractivity contribution >= 4 is 24.1 Å². The van der Waals surface area contributed by atoms with Gasteiger partial charge in [0.05, 0.1) is 6.04 Å². The largest absolute Gasteiger partial charge is 0.444 e. The number of unbranched alkanes of at least 4 members (excludes halogenated alkanes) is 1. The monoisotopic (exact) mass is 387 g/mol. The second kappa shape index (κ2) is 10.7. The summed E-state index contributed by atoms with van der Waals surface area (Å²) in [6, 6.07) is -0.695. The summed E-state index contributed by atoms with van der Waals surface area (Å²) in [5.41, 5.74) is 9.23. The number of carbonyl (C=O) groups is 3. The van der Waals surface area contributed by atoms with Crippen molar-refractivity contribution in [3.63, 3.8) is 0 Å². The summed E-state index contributed by atoms with van der Waals surface area (Å²) in [5.74, 6) is -0.639. The molecule has 1 unspecified atom stereocenters. The number of guanidine groups is 1. The number of nitrogens with zero attached hydrogens (tertiary/aromatic N) is 1. The summed E-state index contributed by atoms with van der Waals surface area (Å²) >= 11 is 0. The zero-order chi connectivity index (χ0) is 21.3. The summed E-state index contributed by atoms with van der Waals surface area (Å²) in [4.78, 5) is 38.4. The minimum absolute atomic E-state index is 0.0855. The van der Waals surface area contributed by atoms with E-state index in [2.05, 4.69) is 15.6 Å². The molecule has 6 N–H and O–H groups in total. The SMILES string of the molecule is CC(C)(C)OC(=O)N=C(NCCCCC(N)C(N)=O)NC(=O)OC(C)(C)C. The van der Waals surface area contributed by atoms with Gasteiger partial charge >= 0.3 is 12.2 Å². The van der Waals surface area contributed by atoms with E-state index in [0.717, 1.165) is 0 Å². The van der Waals surface area contributed by atoms with Crippen molar-refractivity contribution in [3.05, 3.63) is 0 Å². The van der Waals surface area contributed by atoms with Crippen molar-refractivity contribution in [1.82, 2.24) is 10.6 Å². The number of rotatable bonds is 6. The fourth-order valence-electron chi connectivity index (χ4n) is 1.73. The minimum atomic E-state index is -0.850. The van der Waals surface area contributed by atoms with Crippen molar-refractivity contribution < 1.29 is 23.9 Å². The molecule has 0 aromatic rings. The molecular weight excluding hydrogens is 354 g/mol. The third kappa shape index (κ3) is 14.5. The highest BCUT2D eigenvalue weighted by Gasteiger charge is 2.20. The smallest absolute Gasteiger partial charge is 0.437 e. The average Bonchev–Trinajstić information content (AvgIpc) is 2.41. The number of aliphatic imine (C=N–C) groups is 1. The number of ether oxygens (including phenoxy) is 2. The van der Waals surface area contributed by atoms with E-state index in [0.29, 0.717) is 25.8 Å². The lowest BCUT2D eigenvalue weighted by molar-refractivity contribution is -0.119. The quantitative estimate of drug-likeness (QED) is 0.304. The first-order valence-corrected chi connectivity index (χ1v) is 8.80. The van der Waals surface area contributed by atoms with Crippen LogP contribution in [-0.2, 0) is 14.3 Å². The van der Waals surface area contributed by atoms with Crippen LogP contribution >= 0.6 is 0 Å². The fraction of sp³-hybridized carbons (Fsp3) is 0.765. The normalized spacial score (nSPS) is 13.5. The van der Waals surface area contributed by atoms with Gasteiger partial charge in [0.25, 0.3) is 0 Å². The molecule has 1 atom stereocenters. The first-order chi connectivity index (χ1) is 12.2. The Morgan fingerprint density at radius 2 is 1.56 bits per heavy atom. The summed E-state index contributed by atoms with van der Waals surface area (Å²) < 4.78 is 10.3. The van der Waals surface area contributed by atoms with Crippen LogP contribution in [0.5, 0.6) is 0 Å². The van der Waals surface area contributed by atoms with Gasteiger partial charge in [0.1, 0.15) is 11.2 Å². The number of alkyl carbamates (subject to hydrolysis) is 1. The lowest BCUT2D eigenvalue weighted by Gasteiger charge is -2.21. The first kappa shape index (κ1) is 24.6. The Kier molecular flexibility index (Phi) is 9.77. The molecule has 0 saturated carbocycles. The number of nitrogens with one attached hydrogen (secondary N) is 2. The fourth-order valence-corrected chi connectivity index (χ4v) is 1.73. The van der Waals surface area contributed by atoms with E-state index < -0.39 is 35.3 Å². The Bertz CT molecular complexity index is 549. The predicted octanol–water partition coefficient (Wildman–Crippen LogP) is 1.37. The molecular formula is C17H33N5O5. The van der Waals surface area contributed by atoms with E-state index in [4.69, 9.17) is 20.9 Å². The average molecular weight is 387 g/mol. The van der Waals surface area contributed by atoms with Crippen molar-refractivity contribution in [2.75, 3.05) is 6.54 Å². The minimum Gasteiger partial charge on any atom is -0.444 e. The Hall–Kier alpha value is -2.36. The van der Waals surface area contributed by atoms with Crippen LogP contribution in [0.25, 0.3) is 0 Å². The Morgan fingerprint density at radius 1 is 1.00 bits per heavy atom. The molecule has 0 rings (SSSR count). The highest BCUT2D eigenvalue weighted by atomic mass is 16.6. The third-order valence-corrected chi connectivity index (χ3v) is 2.82. The Balaban J connectivity index is 4.76. The summed E-state index contributed by atoms with van der Waals surface area (Å²) in [5, 5.41) is 5.22. The predicted molar refractivity (Wildman–Crippen MR) is 102 cm³/mol. The van der Waals surface area contributed by atoms with E-state index in [1.54, 1.807) is 41.5 Å². The molecule has 0 aliphatic rings. The van der Waals surface area contributed by atoms with Gasteiger partial charge in [0, 0.05) is 6.54 Å². The van der Waals surface area contributed by atoms with E-state index in [1.165, 1.54) is 0 Å². The van der Waals surface area contributed by atoms with Crippen molar-refractivity contribution in [1.29, 1.82) is 0 Å². The molecule has 0 aliphatic heterocycles. The highest BCUT2D eigenvalue weighted by Crippen LogP contribution is 2.08. The van der Waals surface area contributed by atoms with Crippen molar-refractivity contribution in [2.24, 2.45) is 16.5 Å². The molecule has 156 valence electrons. The number of hydrogen-bond donors (Lipinski definition) is 4. The van der Waals surface area contributed by atoms with Gasteiger partial charge in [0.2, 0.25) is 11.9 Å². The number of carbonyl (C=O) groups excluding carboxylic acids is 3. The van der Waals surface area contributed by atoms with Gasteiger partial charge in [-0.05, 0) is 60.8 Å². The van der Waals surface area contributed by atoms with Crippen LogP contribution in [0.4, 0.5) is 9.59 Å². The van der Waals surface area contributed by atoms with Crippen LogP contribution in [0.1, 0.15) is 60.8 Å². The van der Waals surface area contributed by atoms with Crippen LogP contribution in [0.2, 0.25) is 0 Å². The van der Waals surface area contributed by atoms with Gasteiger partial charge in [-0.25, -0.2) is 9.59 Å². The number of nitrogens with two attached hydrogens (primary N) is 2. The molecule has 0 aromatic carbocycles. The first-order valence-electron chi connectivity index (χ1n) is 8.80. The molecule has 0 heterocycles. The summed E-state index contributed by atoms with van der Waals surface area (Å²) in [6.07, 6.45) is 0.0766. The maximum Gasteiger partial charge on any atom is 0.437 e. The van der Waals surface area contributed by atoms with Gasteiger partial charge in [-0.2, -0.15) is 0 Å². The molecule has 0 saturated heterocycles. The van der Waals surface area contributed by atoms with Crippen LogP contribution in [-0.4, -0.2) is 47.8 Å². The van der Waals surface area contributed by atoms with Crippen LogP contribution < -0.4 is 22.1 Å². The third-order valence-electron chi connectivity index (χ3n) is 2.82. The number of amides is 3. The van der Waals surface area contributed by atoms with Crippen molar-refractivity contribution in [2.45, 2.75) is 78.0 Å².